The first-order chi connectivity index (χ1) is 6.92. The monoisotopic (exact) mass is 236 g/mol. The molecule has 0 amide bonds. The number of ether oxygens (including phenoxy) is 1. The number of alkyl halides is 3. The van der Waals surface area contributed by atoms with Crippen molar-refractivity contribution in [1.82, 2.24) is 0 Å². The fraction of sp³-hybridized carbons (Fsp3) is 0.400. The van der Waals surface area contributed by atoms with E-state index in [4.69, 9.17) is 0 Å². The third-order valence-electron chi connectivity index (χ3n) is 1.89. The molecule has 1 unspecified atom stereocenters. The predicted octanol–water partition coefficient (Wildman–Crippen LogP) is 3.97. The quantitative estimate of drug-likeness (QED) is 0.781. The van der Waals surface area contributed by atoms with Crippen molar-refractivity contribution in [1.29, 1.82) is 0 Å². The number of halogens is 3. The van der Waals surface area contributed by atoms with Gasteiger partial charge in [0.05, 0.1) is 0 Å². The highest BCUT2D eigenvalue weighted by molar-refractivity contribution is 7.80. The van der Waals surface area contributed by atoms with Gasteiger partial charge in [-0.3, -0.25) is 0 Å². The molecule has 0 aliphatic carbocycles. The summed E-state index contributed by atoms with van der Waals surface area (Å²) in [6.07, 6.45) is -3.81. The molecule has 1 aromatic rings. The maximum Gasteiger partial charge on any atom is 0.573 e. The van der Waals surface area contributed by atoms with E-state index < -0.39 is 6.36 Å². The lowest BCUT2D eigenvalue weighted by atomic mass is 10.1. The molecule has 0 radical (unpaired) electrons. The zero-order chi connectivity index (χ0) is 11.5. The van der Waals surface area contributed by atoms with Gasteiger partial charge in [0, 0.05) is 5.25 Å². The molecule has 0 aromatic heterocycles. The van der Waals surface area contributed by atoms with Crippen molar-refractivity contribution >= 4 is 12.6 Å². The van der Waals surface area contributed by atoms with Crippen molar-refractivity contribution in [3.63, 3.8) is 0 Å². The van der Waals surface area contributed by atoms with Crippen LogP contribution in [0.3, 0.4) is 0 Å². The third kappa shape index (κ3) is 4.03. The molecule has 84 valence electrons. The Kier molecular flexibility index (Phi) is 3.90. The van der Waals surface area contributed by atoms with Gasteiger partial charge in [-0.15, -0.1) is 13.2 Å². The van der Waals surface area contributed by atoms with Crippen LogP contribution in [0.5, 0.6) is 5.75 Å². The van der Waals surface area contributed by atoms with Crippen molar-refractivity contribution in [3.05, 3.63) is 29.8 Å². The van der Waals surface area contributed by atoms with E-state index in [1.54, 1.807) is 12.1 Å². The van der Waals surface area contributed by atoms with Crippen molar-refractivity contribution in [2.75, 3.05) is 0 Å². The molecule has 0 heterocycles. The minimum atomic E-state index is -4.63. The smallest absolute Gasteiger partial charge is 0.406 e. The Labute approximate surface area is 91.7 Å². The first kappa shape index (κ1) is 12.2. The molecule has 0 spiro atoms. The van der Waals surface area contributed by atoms with E-state index in [-0.39, 0.29) is 11.0 Å². The van der Waals surface area contributed by atoms with Crippen LogP contribution in [0.4, 0.5) is 13.2 Å². The Bertz CT molecular complexity index is 307. The molecule has 0 aliphatic rings. The summed E-state index contributed by atoms with van der Waals surface area (Å²) in [6, 6.07) is 5.76. The summed E-state index contributed by atoms with van der Waals surface area (Å²) in [6.45, 7) is 1.96. The zero-order valence-corrected chi connectivity index (χ0v) is 8.98. The Morgan fingerprint density at radius 1 is 1.27 bits per heavy atom. The van der Waals surface area contributed by atoms with Gasteiger partial charge in [0.15, 0.2) is 0 Å². The first-order valence-corrected chi connectivity index (χ1v) is 4.98. The molecule has 1 nitrogen and oxygen atoms in total. The number of hydrogen-bond acceptors (Lipinski definition) is 2. The van der Waals surface area contributed by atoms with E-state index in [9.17, 15) is 13.2 Å². The molecule has 0 bridgehead atoms. The Morgan fingerprint density at radius 3 is 2.20 bits per heavy atom. The summed E-state index contributed by atoms with van der Waals surface area (Å²) in [5.74, 6) is -0.206. The minimum absolute atomic E-state index is 0.0462. The van der Waals surface area contributed by atoms with Gasteiger partial charge in [-0.1, -0.05) is 19.1 Å². The van der Waals surface area contributed by atoms with E-state index in [1.807, 2.05) is 6.92 Å². The van der Waals surface area contributed by atoms with Crippen LogP contribution in [0.2, 0.25) is 0 Å². The fourth-order valence-electron chi connectivity index (χ4n) is 1.13. The highest BCUT2D eigenvalue weighted by Crippen LogP contribution is 2.27. The number of thiol groups is 1. The van der Waals surface area contributed by atoms with Crippen LogP contribution in [-0.4, -0.2) is 6.36 Å². The minimum Gasteiger partial charge on any atom is -0.406 e. The van der Waals surface area contributed by atoms with Crippen LogP contribution in [0.25, 0.3) is 0 Å². The van der Waals surface area contributed by atoms with Gasteiger partial charge >= 0.3 is 6.36 Å². The maximum atomic E-state index is 11.8. The first-order valence-electron chi connectivity index (χ1n) is 4.46. The van der Waals surface area contributed by atoms with E-state index in [0.29, 0.717) is 0 Å². The highest BCUT2D eigenvalue weighted by atomic mass is 32.1. The Balaban J connectivity index is 2.72. The third-order valence-corrected chi connectivity index (χ3v) is 2.55. The lowest BCUT2D eigenvalue weighted by Gasteiger charge is -2.11. The molecule has 0 N–H and O–H groups in total. The van der Waals surface area contributed by atoms with Crippen molar-refractivity contribution in [2.24, 2.45) is 0 Å². The largest absolute Gasteiger partial charge is 0.573 e. The van der Waals surface area contributed by atoms with Gasteiger partial charge < -0.3 is 4.74 Å². The predicted molar refractivity (Wildman–Crippen MR) is 55.1 cm³/mol. The molecule has 0 fully saturated rings. The maximum absolute atomic E-state index is 11.8. The second kappa shape index (κ2) is 4.79. The van der Waals surface area contributed by atoms with Crippen molar-refractivity contribution in [2.45, 2.75) is 25.0 Å². The van der Waals surface area contributed by atoms with Gasteiger partial charge in [-0.2, -0.15) is 12.6 Å². The lowest BCUT2D eigenvalue weighted by molar-refractivity contribution is -0.274. The van der Waals surface area contributed by atoms with Gasteiger partial charge in [-0.05, 0) is 24.1 Å². The molecule has 1 aromatic carbocycles. The molecule has 1 rings (SSSR count). The van der Waals surface area contributed by atoms with Gasteiger partial charge in [0.1, 0.15) is 5.75 Å². The molecular weight excluding hydrogens is 225 g/mol. The van der Waals surface area contributed by atoms with Crippen LogP contribution in [0, 0.1) is 0 Å². The molecule has 15 heavy (non-hydrogen) atoms. The Morgan fingerprint density at radius 2 is 1.80 bits per heavy atom. The second-order valence-corrected chi connectivity index (χ2v) is 3.66. The summed E-state index contributed by atoms with van der Waals surface area (Å²) < 4.78 is 39.2. The van der Waals surface area contributed by atoms with Crippen molar-refractivity contribution < 1.29 is 17.9 Å². The summed E-state index contributed by atoms with van der Waals surface area (Å²) in [5, 5.41) is 0.0462. The number of benzene rings is 1. The van der Waals surface area contributed by atoms with Gasteiger partial charge in [0.2, 0.25) is 0 Å². The normalized spacial score (nSPS) is 13.7. The summed E-state index contributed by atoms with van der Waals surface area (Å²) in [4.78, 5) is 0. The Hall–Kier alpha value is -0.840. The molecule has 0 aliphatic heterocycles. The summed E-state index contributed by atoms with van der Waals surface area (Å²) >= 11 is 4.28. The van der Waals surface area contributed by atoms with Gasteiger partial charge in [0.25, 0.3) is 0 Å². The van der Waals surface area contributed by atoms with Crippen LogP contribution in [-0.2, 0) is 0 Å². The average molecular weight is 236 g/mol. The van der Waals surface area contributed by atoms with Crippen LogP contribution >= 0.6 is 12.6 Å². The van der Waals surface area contributed by atoms with Crippen LogP contribution in [0.15, 0.2) is 24.3 Å². The fourth-order valence-corrected chi connectivity index (χ4v) is 1.30. The standard InChI is InChI=1S/C10H11F3OS/c1-2-9(15)7-3-5-8(6-4-7)14-10(11,12)13/h3-6,9,15H,2H2,1H3. The molecule has 1 atom stereocenters. The zero-order valence-electron chi connectivity index (χ0n) is 8.08. The van der Waals surface area contributed by atoms with E-state index in [2.05, 4.69) is 17.4 Å². The second-order valence-electron chi connectivity index (χ2n) is 3.04. The topological polar surface area (TPSA) is 9.23 Å². The molecular formula is C10H11F3OS. The van der Waals surface area contributed by atoms with Crippen molar-refractivity contribution in [3.8, 4) is 5.75 Å². The number of hydrogen-bond donors (Lipinski definition) is 1. The molecule has 5 heteroatoms. The molecule has 0 saturated carbocycles. The summed E-state index contributed by atoms with van der Waals surface area (Å²) in [7, 11) is 0. The van der Waals surface area contributed by atoms with E-state index >= 15 is 0 Å². The highest BCUT2D eigenvalue weighted by Gasteiger charge is 2.30. The van der Waals surface area contributed by atoms with E-state index in [0.717, 1.165) is 12.0 Å². The summed E-state index contributed by atoms with van der Waals surface area (Å²) in [5.41, 5.74) is 0.885. The van der Waals surface area contributed by atoms with E-state index in [1.165, 1.54) is 12.1 Å². The van der Waals surface area contributed by atoms with Crippen LogP contribution < -0.4 is 4.74 Å². The molecule has 0 saturated heterocycles. The SMILES string of the molecule is CCC(S)c1ccc(OC(F)(F)F)cc1. The lowest BCUT2D eigenvalue weighted by Crippen LogP contribution is -2.17. The van der Waals surface area contributed by atoms with Gasteiger partial charge in [-0.25, -0.2) is 0 Å². The average Bonchev–Trinajstić information content (AvgIpc) is 2.15. The number of rotatable bonds is 3. The van der Waals surface area contributed by atoms with Crippen LogP contribution in [0.1, 0.15) is 24.2 Å².